The number of nitrogens with one attached hydrogen (secondary N) is 1. The summed E-state index contributed by atoms with van der Waals surface area (Å²) in [5.74, 6) is 2.37. The van der Waals surface area contributed by atoms with Gasteiger partial charge in [-0.15, -0.1) is 0 Å². The van der Waals surface area contributed by atoms with E-state index in [1.807, 2.05) is 0 Å². The van der Waals surface area contributed by atoms with Gasteiger partial charge in [0.15, 0.2) is 0 Å². The molecule has 0 radical (unpaired) electrons. The van der Waals surface area contributed by atoms with Crippen molar-refractivity contribution in [1.29, 1.82) is 0 Å². The second-order valence-corrected chi connectivity index (χ2v) is 6.61. The summed E-state index contributed by atoms with van der Waals surface area (Å²) in [6, 6.07) is 8.98. The first kappa shape index (κ1) is 16.4. The molecule has 2 heteroatoms. The summed E-state index contributed by atoms with van der Waals surface area (Å²) in [5, 5.41) is 3.71. The molecular weight excluding hydrogens is 258 g/mol. The largest absolute Gasteiger partial charge is 0.492 e. The van der Waals surface area contributed by atoms with Gasteiger partial charge in [0.2, 0.25) is 0 Å². The standard InChI is InChI=1S/C19H31NO/c1-4-13-20-18(16-9-5-6-10-16)14-21-19-12-8-7-11-17(19)15(2)3/h7-8,11-12,15-16,18,20H,4-6,9-10,13-14H2,1-3H3. The fourth-order valence-corrected chi connectivity index (χ4v) is 3.32. The summed E-state index contributed by atoms with van der Waals surface area (Å²) < 4.78 is 6.21. The van der Waals surface area contributed by atoms with Gasteiger partial charge in [0, 0.05) is 6.04 Å². The monoisotopic (exact) mass is 289 g/mol. The van der Waals surface area contributed by atoms with E-state index in [0.29, 0.717) is 12.0 Å². The van der Waals surface area contributed by atoms with Crippen molar-refractivity contribution in [2.24, 2.45) is 5.92 Å². The lowest BCUT2D eigenvalue weighted by molar-refractivity contribution is 0.215. The Kier molecular flexibility index (Phi) is 6.56. The molecule has 1 saturated carbocycles. The minimum atomic E-state index is 0.507. The van der Waals surface area contributed by atoms with E-state index in [0.717, 1.165) is 24.8 Å². The van der Waals surface area contributed by atoms with Crippen LogP contribution in [0.15, 0.2) is 24.3 Å². The van der Waals surface area contributed by atoms with Gasteiger partial charge in [-0.05, 0) is 49.3 Å². The first-order chi connectivity index (χ1) is 10.2. The highest BCUT2D eigenvalue weighted by atomic mass is 16.5. The van der Waals surface area contributed by atoms with Crippen molar-refractivity contribution in [2.75, 3.05) is 13.2 Å². The number of ether oxygens (including phenoxy) is 1. The Morgan fingerprint density at radius 3 is 2.57 bits per heavy atom. The van der Waals surface area contributed by atoms with Crippen LogP contribution in [0.3, 0.4) is 0 Å². The maximum Gasteiger partial charge on any atom is 0.122 e. The number of hydrogen-bond acceptors (Lipinski definition) is 2. The lowest BCUT2D eigenvalue weighted by Gasteiger charge is -2.25. The van der Waals surface area contributed by atoms with Crippen LogP contribution in [-0.2, 0) is 0 Å². The van der Waals surface area contributed by atoms with E-state index in [-0.39, 0.29) is 0 Å². The number of para-hydroxylation sites is 1. The Morgan fingerprint density at radius 1 is 1.19 bits per heavy atom. The third-order valence-corrected chi connectivity index (χ3v) is 4.58. The molecule has 0 amide bonds. The molecule has 0 spiro atoms. The Balaban J connectivity index is 1.97. The second kappa shape index (κ2) is 8.43. The highest BCUT2D eigenvalue weighted by molar-refractivity contribution is 5.35. The number of rotatable bonds is 8. The molecule has 0 aliphatic heterocycles. The van der Waals surface area contributed by atoms with Crippen LogP contribution in [-0.4, -0.2) is 19.2 Å². The average molecular weight is 289 g/mol. The van der Waals surface area contributed by atoms with Gasteiger partial charge in [0.1, 0.15) is 12.4 Å². The lowest BCUT2D eigenvalue weighted by atomic mass is 9.98. The van der Waals surface area contributed by atoms with Crippen molar-refractivity contribution < 1.29 is 4.74 Å². The molecule has 0 heterocycles. The van der Waals surface area contributed by atoms with Gasteiger partial charge in [-0.2, -0.15) is 0 Å². The SMILES string of the molecule is CCCNC(COc1ccccc1C(C)C)C1CCCC1. The molecule has 0 saturated heterocycles. The molecule has 118 valence electrons. The zero-order valence-electron chi connectivity index (χ0n) is 13.9. The van der Waals surface area contributed by atoms with Crippen LogP contribution in [0.25, 0.3) is 0 Å². The van der Waals surface area contributed by atoms with Crippen molar-refractivity contribution in [3.8, 4) is 5.75 Å². The summed E-state index contributed by atoms with van der Waals surface area (Å²) >= 11 is 0. The van der Waals surface area contributed by atoms with Crippen LogP contribution in [0, 0.1) is 5.92 Å². The van der Waals surface area contributed by atoms with E-state index >= 15 is 0 Å². The Labute approximate surface area is 130 Å². The first-order valence-corrected chi connectivity index (χ1v) is 8.67. The quantitative estimate of drug-likeness (QED) is 0.746. The van der Waals surface area contributed by atoms with Gasteiger partial charge < -0.3 is 10.1 Å². The smallest absolute Gasteiger partial charge is 0.122 e. The van der Waals surface area contributed by atoms with Crippen molar-refractivity contribution >= 4 is 0 Å². The first-order valence-electron chi connectivity index (χ1n) is 8.67. The van der Waals surface area contributed by atoms with Gasteiger partial charge in [0.05, 0.1) is 0 Å². The fourth-order valence-electron chi connectivity index (χ4n) is 3.32. The topological polar surface area (TPSA) is 21.3 Å². The average Bonchev–Trinajstić information content (AvgIpc) is 3.02. The van der Waals surface area contributed by atoms with Crippen LogP contribution in [0.1, 0.15) is 64.4 Å². The van der Waals surface area contributed by atoms with E-state index in [1.165, 1.54) is 37.7 Å². The van der Waals surface area contributed by atoms with Gasteiger partial charge in [-0.3, -0.25) is 0 Å². The van der Waals surface area contributed by atoms with Crippen LogP contribution >= 0.6 is 0 Å². The lowest BCUT2D eigenvalue weighted by Crippen LogP contribution is -2.40. The minimum Gasteiger partial charge on any atom is -0.492 e. The van der Waals surface area contributed by atoms with E-state index in [1.54, 1.807) is 0 Å². The molecule has 2 nitrogen and oxygen atoms in total. The van der Waals surface area contributed by atoms with E-state index < -0.39 is 0 Å². The number of benzene rings is 1. The Bertz CT molecular complexity index is 410. The predicted octanol–water partition coefficient (Wildman–Crippen LogP) is 4.75. The fraction of sp³-hybridized carbons (Fsp3) is 0.684. The predicted molar refractivity (Wildman–Crippen MR) is 90.1 cm³/mol. The third kappa shape index (κ3) is 4.74. The molecule has 1 N–H and O–H groups in total. The number of hydrogen-bond donors (Lipinski definition) is 1. The van der Waals surface area contributed by atoms with Gasteiger partial charge >= 0.3 is 0 Å². The summed E-state index contributed by atoms with van der Waals surface area (Å²) in [4.78, 5) is 0. The van der Waals surface area contributed by atoms with Gasteiger partial charge in [-0.1, -0.05) is 51.8 Å². The summed E-state index contributed by atoms with van der Waals surface area (Å²) in [6.07, 6.45) is 6.67. The van der Waals surface area contributed by atoms with Crippen molar-refractivity contribution in [1.82, 2.24) is 5.32 Å². The van der Waals surface area contributed by atoms with E-state index in [2.05, 4.69) is 50.4 Å². The van der Waals surface area contributed by atoms with Crippen molar-refractivity contribution in [3.63, 3.8) is 0 Å². The molecule has 0 bridgehead atoms. The maximum atomic E-state index is 6.21. The molecule has 1 aromatic rings. The van der Waals surface area contributed by atoms with Crippen LogP contribution in [0.5, 0.6) is 5.75 Å². The van der Waals surface area contributed by atoms with Crippen molar-refractivity contribution in [3.05, 3.63) is 29.8 Å². The highest BCUT2D eigenvalue weighted by Crippen LogP contribution is 2.30. The summed E-state index contributed by atoms with van der Waals surface area (Å²) in [7, 11) is 0. The second-order valence-electron chi connectivity index (χ2n) is 6.61. The molecule has 1 unspecified atom stereocenters. The zero-order chi connectivity index (χ0) is 15.1. The van der Waals surface area contributed by atoms with Crippen LogP contribution in [0.4, 0.5) is 0 Å². The van der Waals surface area contributed by atoms with Gasteiger partial charge in [-0.25, -0.2) is 0 Å². The zero-order valence-corrected chi connectivity index (χ0v) is 13.9. The molecule has 21 heavy (non-hydrogen) atoms. The van der Waals surface area contributed by atoms with Crippen molar-refractivity contribution in [2.45, 2.75) is 64.8 Å². The molecular formula is C19H31NO. The van der Waals surface area contributed by atoms with Gasteiger partial charge in [0.25, 0.3) is 0 Å². The van der Waals surface area contributed by atoms with Crippen LogP contribution in [0.2, 0.25) is 0 Å². The molecule has 1 atom stereocenters. The molecule has 2 rings (SSSR count). The Morgan fingerprint density at radius 2 is 1.90 bits per heavy atom. The summed E-state index contributed by atoms with van der Waals surface area (Å²) in [5.41, 5.74) is 1.32. The Hall–Kier alpha value is -1.02. The molecule has 1 aliphatic rings. The van der Waals surface area contributed by atoms with E-state index in [4.69, 9.17) is 4.74 Å². The molecule has 1 aliphatic carbocycles. The molecule has 0 aromatic heterocycles. The molecule has 1 aromatic carbocycles. The maximum absolute atomic E-state index is 6.21. The normalized spacial score (nSPS) is 17.3. The van der Waals surface area contributed by atoms with E-state index in [9.17, 15) is 0 Å². The molecule has 1 fully saturated rings. The van der Waals surface area contributed by atoms with Crippen LogP contribution < -0.4 is 10.1 Å². The highest BCUT2D eigenvalue weighted by Gasteiger charge is 2.25. The minimum absolute atomic E-state index is 0.507. The summed E-state index contributed by atoms with van der Waals surface area (Å²) in [6.45, 7) is 8.58. The third-order valence-electron chi connectivity index (χ3n) is 4.58.